The molecule has 0 aromatic heterocycles. The molecule has 1 saturated carbocycles. The highest BCUT2D eigenvalue weighted by Gasteiger charge is 2.45. The van der Waals surface area contributed by atoms with Crippen LogP contribution in [0.15, 0.2) is 101 Å². The average Bonchev–Trinajstić information content (AvgIpc) is 4.04. The van der Waals surface area contributed by atoms with Crippen LogP contribution in [0.2, 0.25) is 5.02 Å². The van der Waals surface area contributed by atoms with Crippen molar-refractivity contribution < 1.29 is 55.0 Å². The first-order valence-electron chi connectivity index (χ1n) is 25.5. The van der Waals surface area contributed by atoms with E-state index in [1.54, 1.807) is 48.5 Å². The zero-order valence-electron chi connectivity index (χ0n) is 41.7. The van der Waals surface area contributed by atoms with Gasteiger partial charge in [0.1, 0.15) is 6.04 Å². The monoisotopic (exact) mass is 1090 g/mol. The topological polar surface area (TPSA) is 239 Å². The normalized spacial score (nSPS) is 17.7. The van der Waals surface area contributed by atoms with Crippen LogP contribution in [0.1, 0.15) is 93.6 Å². The molecule has 1 aliphatic carbocycles. The number of nitrogens with one attached hydrogen (secondary N) is 4. The Kier molecular flexibility index (Phi) is 19.2. The second-order valence-corrected chi connectivity index (χ2v) is 23.2. The van der Waals surface area contributed by atoms with Crippen molar-refractivity contribution in [2.45, 2.75) is 86.3 Å². The molecule has 3 fully saturated rings. The average molecular weight is 1090 g/mol. The van der Waals surface area contributed by atoms with Gasteiger partial charge in [0, 0.05) is 61.5 Å². The summed E-state index contributed by atoms with van der Waals surface area (Å²) in [5.74, 6) is -2.46. The molecule has 0 radical (unpaired) electrons. The highest BCUT2D eigenvalue weighted by Crippen LogP contribution is 2.34. The van der Waals surface area contributed by atoms with Gasteiger partial charge in [-0.2, -0.15) is 8.61 Å². The molecule has 4 N–H and O–H groups in total. The molecular weight excluding hydrogens is 1030 g/mol. The minimum absolute atomic E-state index is 0.00140. The van der Waals surface area contributed by atoms with Gasteiger partial charge in [-0.1, -0.05) is 54.8 Å². The molecule has 5 amide bonds. The fraction of sp³-hybridized carbons (Fsp3) is 0.453. The van der Waals surface area contributed by atoms with E-state index in [1.165, 1.54) is 38.9 Å². The standard InChI is InChI=1S/C53H64ClN7O12S2/c54-41-14-10-38(11-15-41)36-60(42-4-1-2-5-42)75(69,70)44-18-16-43(17-19-44)74(67,68)59(35-39-22-24-55-25-23-39)34-37-8-12-40(13-9-37)50(63)57-27-29-72-31-33-73-32-30-71-28-26-56-46-7-3-6-45-49(46)53(66)61(52(45)65)47-20-21-48(62)58-51(47)64/h3,6-19,39,42,47,55-56H,1-2,4-5,20-36H2,(H,57,63)(H,58,62,64). The van der Waals surface area contributed by atoms with E-state index >= 15 is 0 Å². The first-order valence-corrected chi connectivity index (χ1v) is 28.7. The third kappa shape index (κ3) is 14.1. The number of sulfonamides is 2. The van der Waals surface area contributed by atoms with Gasteiger partial charge in [0.05, 0.1) is 60.6 Å². The van der Waals surface area contributed by atoms with Crippen LogP contribution in [0.25, 0.3) is 0 Å². The van der Waals surface area contributed by atoms with E-state index in [-0.39, 0.29) is 97.6 Å². The highest BCUT2D eigenvalue weighted by molar-refractivity contribution is 7.89. The van der Waals surface area contributed by atoms with Crippen molar-refractivity contribution in [1.82, 2.24) is 29.5 Å². The van der Waals surface area contributed by atoms with Crippen molar-refractivity contribution in [2.75, 3.05) is 77.7 Å². The summed E-state index contributed by atoms with van der Waals surface area (Å²) in [4.78, 5) is 64.3. The number of hydrogen-bond acceptors (Lipinski definition) is 14. The van der Waals surface area contributed by atoms with E-state index < -0.39 is 49.7 Å². The molecule has 19 nitrogen and oxygen atoms in total. The van der Waals surface area contributed by atoms with Crippen LogP contribution in [0, 0.1) is 5.92 Å². The lowest BCUT2D eigenvalue weighted by atomic mass is 9.98. The summed E-state index contributed by atoms with van der Waals surface area (Å²) in [5.41, 5.74) is 2.71. The minimum atomic E-state index is -4.08. The molecule has 4 aromatic rings. The summed E-state index contributed by atoms with van der Waals surface area (Å²) in [6, 6.07) is 23.1. The largest absolute Gasteiger partial charge is 0.382 e. The third-order valence-corrected chi connectivity index (χ3v) is 17.8. The third-order valence-electron chi connectivity index (χ3n) is 13.9. The Morgan fingerprint density at radius 3 is 1.93 bits per heavy atom. The summed E-state index contributed by atoms with van der Waals surface area (Å²) in [7, 11) is -8.05. The van der Waals surface area contributed by atoms with Crippen LogP contribution in [0.3, 0.4) is 0 Å². The van der Waals surface area contributed by atoms with Crippen LogP contribution in [-0.4, -0.2) is 144 Å². The Hall–Kier alpha value is -5.62. The second kappa shape index (κ2) is 25.9. The lowest BCUT2D eigenvalue weighted by Gasteiger charge is -2.30. The summed E-state index contributed by atoms with van der Waals surface area (Å²) < 4.78 is 77.0. The smallest absolute Gasteiger partial charge is 0.264 e. The number of imide groups is 2. The van der Waals surface area contributed by atoms with E-state index in [4.69, 9.17) is 25.8 Å². The van der Waals surface area contributed by atoms with E-state index in [0.717, 1.165) is 62.1 Å². The van der Waals surface area contributed by atoms with Gasteiger partial charge < -0.3 is 30.2 Å². The summed E-state index contributed by atoms with van der Waals surface area (Å²) in [6.07, 6.45) is 5.12. The molecule has 3 aliphatic heterocycles. The molecule has 75 heavy (non-hydrogen) atoms. The highest BCUT2D eigenvalue weighted by atomic mass is 35.5. The van der Waals surface area contributed by atoms with Crippen molar-refractivity contribution in [1.29, 1.82) is 0 Å². The molecule has 4 aliphatic rings. The first-order chi connectivity index (χ1) is 36.2. The van der Waals surface area contributed by atoms with Crippen LogP contribution in [-0.2, 0) is 56.9 Å². The number of hydrogen-bond donors (Lipinski definition) is 4. The maximum absolute atomic E-state index is 14.4. The van der Waals surface area contributed by atoms with Gasteiger partial charge in [0.15, 0.2) is 0 Å². The molecule has 3 heterocycles. The molecule has 0 spiro atoms. The van der Waals surface area contributed by atoms with Gasteiger partial charge in [-0.3, -0.25) is 34.2 Å². The lowest BCUT2D eigenvalue weighted by molar-refractivity contribution is -0.136. The molecule has 22 heteroatoms. The van der Waals surface area contributed by atoms with Crippen LogP contribution in [0.5, 0.6) is 0 Å². The predicted molar refractivity (Wildman–Crippen MR) is 279 cm³/mol. The number of piperidine rings is 2. The number of benzene rings is 4. The van der Waals surface area contributed by atoms with Gasteiger partial charge in [-0.05, 0) is 123 Å². The van der Waals surface area contributed by atoms with E-state index in [9.17, 15) is 40.8 Å². The Morgan fingerprint density at radius 1 is 0.680 bits per heavy atom. The number of carbonyl (C=O) groups is 5. The number of anilines is 1. The number of halogens is 1. The number of fused-ring (bicyclic) bond motifs is 1. The Morgan fingerprint density at radius 2 is 1.28 bits per heavy atom. The first kappa shape index (κ1) is 55.6. The predicted octanol–water partition coefficient (Wildman–Crippen LogP) is 4.96. The Balaban J connectivity index is 0.747. The molecule has 8 rings (SSSR count). The quantitative estimate of drug-likeness (QED) is 0.0481. The van der Waals surface area contributed by atoms with Gasteiger partial charge in [-0.15, -0.1) is 0 Å². The van der Waals surface area contributed by atoms with Crippen molar-refractivity contribution in [3.63, 3.8) is 0 Å². The molecule has 402 valence electrons. The van der Waals surface area contributed by atoms with Crippen LogP contribution < -0.4 is 21.3 Å². The fourth-order valence-corrected chi connectivity index (χ4v) is 13.1. The SMILES string of the molecule is O=C1CCC(N2C(=O)c3cccc(NCCOCCOCCOCCNC(=O)c4ccc(CN(CC5CCNCC5)S(=O)(=O)c5ccc(S(=O)(=O)N(Cc6ccc(Cl)cc6)C6CCCC6)cc5)cc4)c3C2=O)C(=O)N1. The molecule has 1 atom stereocenters. The van der Waals surface area contributed by atoms with Crippen LogP contribution >= 0.6 is 11.6 Å². The molecule has 4 aromatic carbocycles. The van der Waals surface area contributed by atoms with Gasteiger partial charge in [0.2, 0.25) is 31.9 Å². The number of nitrogens with zero attached hydrogens (tertiary/aromatic N) is 3. The zero-order chi connectivity index (χ0) is 53.0. The van der Waals surface area contributed by atoms with Crippen molar-refractivity contribution >= 4 is 66.9 Å². The maximum atomic E-state index is 14.4. The number of rotatable bonds is 26. The van der Waals surface area contributed by atoms with Gasteiger partial charge in [0.25, 0.3) is 17.7 Å². The van der Waals surface area contributed by atoms with Crippen molar-refractivity contribution in [3.05, 3.63) is 124 Å². The van der Waals surface area contributed by atoms with Crippen LogP contribution in [0.4, 0.5) is 5.69 Å². The molecular formula is C53H64ClN7O12S2. The Bertz CT molecular complexity index is 2880. The minimum Gasteiger partial charge on any atom is -0.382 e. The van der Waals surface area contributed by atoms with Crippen molar-refractivity contribution in [2.24, 2.45) is 5.92 Å². The zero-order valence-corrected chi connectivity index (χ0v) is 44.1. The van der Waals surface area contributed by atoms with E-state index in [0.29, 0.717) is 48.2 Å². The van der Waals surface area contributed by atoms with E-state index in [2.05, 4.69) is 21.3 Å². The molecule has 1 unspecified atom stereocenters. The van der Waals surface area contributed by atoms with Gasteiger partial charge >= 0.3 is 0 Å². The van der Waals surface area contributed by atoms with Gasteiger partial charge in [-0.25, -0.2) is 16.8 Å². The van der Waals surface area contributed by atoms with E-state index in [1.807, 2.05) is 12.1 Å². The lowest BCUT2D eigenvalue weighted by Crippen LogP contribution is -2.54. The molecule has 2 saturated heterocycles. The summed E-state index contributed by atoms with van der Waals surface area (Å²) in [5, 5.41) is 12.0. The summed E-state index contributed by atoms with van der Waals surface area (Å²) >= 11 is 6.10. The maximum Gasteiger partial charge on any atom is 0.264 e. The molecule has 0 bridgehead atoms. The number of ether oxygens (including phenoxy) is 3. The van der Waals surface area contributed by atoms with Crippen molar-refractivity contribution in [3.8, 4) is 0 Å². The number of amides is 5. The number of carbonyl (C=O) groups excluding carboxylic acids is 5. The second-order valence-electron chi connectivity index (χ2n) is 19.0. The summed E-state index contributed by atoms with van der Waals surface area (Å²) in [6.45, 7) is 4.39. The fourth-order valence-electron chi connectivity index (χ4n) is 9.81. The Labute approximate surface area is 443 Å².